The molecule has 0 unspecified atom stereocenters. The van der Waals surface area contributed by atoms with Gasteiger partial charge in [-0.15, -0.1) is 0 Å². The van der Waals surface area contributed by atoms with Crippen LogP contribution in [0.1, 0.15) is 23.0 Å². The molecule has 0 radical (unpaired) electrons. The second-order valence-corrected chi connectivity index (χ2v) is 4.39. The highest BCUT2D eigenvalue weighted by Crippen LogP contribution is 2.05. The van der Waals surface area contributed by atoms with Crippen LogP contribution in [0, 0.1) is 6.92 Å². The molecule has 0 bridgehead atoms. The van der Waals surface area contributed by atoms with Crippen molar-refractivity contribution in [3.05, 3.63) is 62.4 Å². The fourth-order valence-corrected chi connectivity index (χ4v) is 1.80. The molecule has 2 aromatic rings. The van der Waals surface area contributed by atoms with Crippen molar-refractivity contribution in [1.29, 1.82) is 0 Å². The Morgan fingerprint density at radius 2 is 2.10 bits per heavy atom. The van der Waals surface area contributed by atoms with E-state index in [1.165, 1.54) is 29.0 Å². The minimum atomic E-state index is -0.507. The van der Waals surface area contributed by atoms with Gasteiger partial charge < -0.3 is 14.9 Å². The largest absolute Gasteiger partial charge is 0.364 e. The number of hydrogen-bond donors (Lipinski definition) is 2. The SMILES string of the molecule is CCn1cc(NC(=O)c2c[nH]c(C)cc2=O)ccc1=O. The second kappa shape index (κ2) is 5.56. The third-order valence-electron chi connectivity index (χ3n) is 2.88. The lowest BCUT2D eigenvalue weighted by Crippen LogP contribution is -2.23. The Kier molecular flexibility index (Phi) is 3.84. The highest BCUT2D eigenvalue weighted by Gasteiger charge is 2.11. The van der Waals surface area contributed by atoms with Gasteiger partial charge in [-0.05, 0) is 19.9 Å². The molecule has 0 saturated carbocycles. The van der Waals surface area contributed by atoms with Crippen molar-refractivity contribution in [3.63, 3.8) is 0 Å². The predicted octanol–water partition coefficient (Wildman–Crippen LogP) is 1.12. The number of nitrogens with one attached hydrogen (secondary N) is 2. The Hall–Kier alpha value is -2.63. The van der Waals surface area contributed by atoms with Crippen molar-refractivity contribution in [2.24, 2.45) is 0 Å². The van der Waals surface area contributed by atoms with Gasteiger partial charge in [0.1, 0.15) is 5.56 Å². The quantitative estimate of drug-likeness (QED) is 0.878. The summed E-state index contributed by atoms with van der Waals surface area (Å²) in [6.07, 6.45) is 2.92. The van der Waals surface area contributed by atoms with Crippen molar-refractivity contribution in [1.82, 2.24) is 9.55 Å². The standard InChI is InChI=1S/C14H15N3O3/c1-3-17-8-10(4-5-13(17)19)16-14(20)11-7-15-9(2)6-12(11)18/h4-8H,3H2,1-2H3,(H,15,18)(H,16,20). The summed E-state index contributed by atoms with van der Waals surface area (Å²) in [4.78, 5) is 38.0. The van der Waals surface area contributed by atoms with Crippen LogP contribution in [0.2, 0.25) is 0 Å². The summed E-state index contributed by atoms with van der Waals surface area (Å²) in [6.45, 7) is 4.07. The first-order valence-electron chi connectivity index (χ1n) is 6.22. The Morgan fingerprint density at radius 3 is 2.75 bits per heavy atom. The van der Waals surface area contributed by atoms with E-state index in [-0.39, 0.29) is 16.6 Å². The highest BCUT2D eigenvalue weighted by molar-refractivity contribution is 6.03. The average molecular weight is 273 g/mol. The Balaban J connectivity index is 2.28. The molecular weight excluding hydrogens is 258 g/mol. The maximum atomic E-state index is 12.0. The van der Waals surface area contributed by atoms with E-state index in [0.717, 1.165) is 0 Å². The lowest BCUT2D eigenvalue weighted by Gasteiger charge is -2.07. The van der Waals surface area contributed by atoms with Crippen molar-refractivity contribution in [2.75, 3.05) is 5.32 Å². The fraction of sp³-hybridized carbons (Fsp3) is 0.214. The molecule has 2 rings (SSSR count). The molecule has 0 saturated heterocycles. The van der Waals surface area contributed by atoms with Gasteiger partial charge in [-0.1, -0.05) is 0 Å². The molecule has 0 spiro atoms. The van der Waals surface area contributed by atoms with Crippen LogP contribution < -0.4 is 16.3 Å². The average Bonchev–Trinajstić information content (AvgIpc) is 2.40. The maximum Gasteiger partial charge on any atom is 0.261 e. The van der Waals surface area contributed by atoms with Crippen molar-refractivity contribution >= 4 is 11.6 Å². The van der Waals surface area contributed by atoms with E-state index < -0.39 is 5.91 Å². The normalized spacial score (nSPS) is 10.3. The van der Waals surface area contributed by atoms with Gasteiger partial charge >= 0.3 is 0 Å². The fourth-order valence-electron chi connectivity index (χ4n) is 1.80. The smallest absolute Gasteiger partial charge is 0.261 e. The molecule has 104 valence electrons. The van der Waals surface area contributed by atoms with Crippen LogP contribution in [0.3, 0.4) is 0 Å². The molecule has 0 aliphatic carbocycles. The number of carbonyl (C=O) groups is 1. The molecule has 6 heteroatoms. The third-order valence-corrected chi connectivity index (χ3v) is 2.88. The third kappa shape index (κ3) is 2.85. The molecule has 0 aliphatic heterocycles. The Bertz CT molecular complexity index is 759. The zero-order valence-electron chi connectivity index (χ0n) is 11.3. The zero-order chi connectivity index (χ0) is 14.7. The minimum absolute atomic E-state index is 0.0323. The van der Waals surface area contributed by atoms with Crippen molar-refractivity contribution < 1.29 is 4.79 Å². The van der Waals surface area contributed by atoms with Crippen LogP contribution in [-0.2, 0) is 6.54 Å². The summed E-state index contributed by atoms with van der Waals surface area (Å²) in [5.41, 5.74) is 0.702. The molecule has 2 N–H and O–H groups in total. The number of amides is 1. The van der Waals surface area contributed by atoms with Gasteiger partial charge in [0.2, 0.25) is 0 Å². The number of aromatic nitrogens is 2. The summed E-state index contributed by atoms with van der Waals surface area (Å²) in [7, 11) is 0. The maximum absolute atomic E-state index is 12.0. The van der Waals surface area contributed by atoms with Crippen LogP contribution in [-0.4, -0.2) is 15.5 Å². The van der Waals surface area contributed by atoms with Gasteiger partial charge in [0.05, 0.1) is 5.69 Å². The Labute approximate surface area is 115 Å². The molecule has 6 nitrogen and oxygen atoms in total. The van der Waals surface area contributed by atoms with Gasteiger partial charge in [-0.3, -0.25) is 14.4 Å². The molecule has 0 atom stereocenters. The molecule has 0 aromatic carbocycles. The van der Waals surface area contributed by atoms with Crippen LogP contribution in [0.15, 0.2) is 40.2 Å². The molecule has 20 heavy (non-hydrogen) atoms. The van der Waals surface area contributed by atoms with Crippen LogP contribution in [0.4, 0.5) is 5.69 Å². The van der Waals surface area contributed by atoms with Gasteiger partial charge in [0.25, 0.3) is 11.5 Å². The van der Waals surface area contributed by atoms with Crippen LogP contribution in [0.5, 0.6) is 0 Å². The Morgan fingerprint density at radius 1 is 1.35 bits per heavy atom. The summed E-state index contributed by atoms with van der Waals surface area (Å²) in [5, 5.41) is 2.60. The number of carbonyl (C=O) groups excluding carboxylic acids is 1. The van der Waals surface area contributed by atoms with E-state index in [4.69, 9.17) is 0 Å². The molecule has 0 fully saturated rings. The number of hydrogen-bond acceptors (Lipinski definition) is 3. The number of anilines is 1. The summed E-state index contributed by atoms with van der Waals surface area (Å²) < 4.78 is 1.47. The number of H-pyrrole nitrogens is 1. The number of rotatable bonds is 3. The number of nitrogens with zero attached hydrogens (tertiary/aromatic N) is 1. The van der Waals surface area contributed by atoms with Crippen LogP contribution >= 0.6 is 0 Å². The van der Waals surface area contributed by atoms with Crippen molar-refractivity contribution in [3.8, 4) is 0 Å². The lowest BCUT2D eigenvalue weighted by atomic mass is 10.2. The molecule has 1 amide bonds. The molecule has 2 heterocycles. The first-order chi connectivity index (χ1) is 9.51. The highest BCUT2D eigenvalue weighted by atomic mass is 16.2. The van der Waals surface area contributed by atoms with Gasteiger partial charge in [0.15, 0.2) is 5.43 Å². The molecule has 0 aliphatic rings. The van der Waals surface area contributed by atoms with Gasteiger partial charge in [-0.2, -0.15) is 0 Å². The van der Waals surface area contributed by atoms with Crippen molar-refractivity contribution in [2.45, 2.75) is 20.4 Å². The van der Waals surface area contributed by atoms with E-state index in [1.807, 2.05) is 6.92 Å². The minimum Gasteiger partial charge on any atom is -0.364 e. The van der Waals surface area contributed by atoms with Gasteiger partial charge in [-0.25, -0.2) is 0 Å². The summed E-state index contributed by atoms with van der Waals surface area (Å²) in [5.74, 6) is -0.507. The molecule has 2 aromatic heterocycles. The van der Waals surface area contributed by atoms with Crippen LogP contribution in [0.25, 0.3) is 0 Å². The monoisotopic (exact) mass is 273 g/mol. The lowest BCUT2D eigenvalue weighted by molar-refractivity contribution is 0.102. The summed E-state index contributed by atoms with van der Waals surface area (Å²) >= 11 is 0. The van der Waals surface area contributed by atoms with E-state index >= 15 is 0 Å². The zero-order valence-corrected chi connectivity index (χ0v) is 11.3. The second-order valence-electron chi connectivity index (χ2n) is 4.39. The first kappa shape index (κ1) is 13.8. The number of aryl methyl sites for hydroxylation is 2. The number of aromatic amines is 1. The van der Waals surface area contributed by atoms with Gasteiger partial charge in [0, 0.05) is 36.8 Å². The topological polar surface area (TPSA) is 84.0 Å². The van der Waals surface area contributed by atoms with E-state index in [0.29, 0.717) is 17.9 Å². The summed E-state index contributed by atoms with van der Waals surface area (Å²) in [6, 6.07) is 4.25. The first-order valence-corrected chi connectivity index (χ1v) is 6.22. The number of pyridine rings is 2. The van der Waals surface area contributed by atoms with E-state index in [9.17, 15) is 14.4 Å². The van der Waals surface area contributed by atoms with E-state index in [1.54, 1.807) is 13.1 Å². The molecular formula is C14H15N3O3. The van der Waals surface area contributed by atoms with E-state index in [2.05, 4.69) is 10.3 Å². The predicted molar refractivity (Wildman–Crippen MR) is 76.1 cm³/mol.